The topological polar surface area (TPSA) is 94.6 Å². The van der Waals surface area contributed by atoms with E-state index in [1.54, 1.807) is 24.5 Å². The van der Waals surface area contributed by atoms with Crippen LogP contribution in [0.1, 0.15) is 43.0 Å². The molecule has 37 heavy (non-hydrogen) atoms. The number of hydrogen-bond acceptors (Lipinski definition) is 4. The van der Waals surface area contributed by atoms with Crippen molar-refractivity contribution in [1.82, 2.24) is 25.4 Å². The minimum atomic E-state index is -4.68. The van der Waals surface area contributed by atoms with Crippen molar-refractivity contribution in [2.45, 2.75) is 45.1 Å². The van der Waals surface area contributed by atoms with E-state index in [-0.39, 0.29) is 41.7 Å². The smallest absolute Gasteiger partial charge is 0.350 e. The largest absolute Gasteiger partial charge is 0.416 e. The third-order valence-electron chi connectivity index (χ3n) is 6.53. The van der Waals surface area contributed by atoms with Crippen LogP contribution in [0.3, 0.4) is 0 Å². The molecule has 4 rings (SSSR count). The van der Waals surface area contributed by atoms with Crippen LogP contribution in [0.4, 0.5) is 18.0 Å². The van der Waals surface area contributed by atoms with Gasteiger partial charge in [0.15, 0.2) is 0 Å². The maximum Gasteiger partial charge on any atom is 0.416 e. The zero-order valence-corrected chi connectivity index (χ0v) is 20.7. The first kappa shape index (κ1) is 26.2. The van der Waals surface area contributed by atoms with Crippen LogP contribution >= 0.6 is 0 Å². The van der Waals surface area contributed by atoms with Gasteiger partial charge in [-0.1, -0.05) is 38.1 Å². The summed E-state index contributed by atoms with van der Waals surface area (Å²) in [6, 6.07) is 5.61. The molecule has 0 fully saturated rings. The Balaban J connectivity index is 1.67. The van der Waals surface area contributed by atoms with Crippen LogP contribution in [0.5, 0.6) is 0 Å². The molecule has 0 bridgehead atoms. The fraction of sp³-hybridized carbons (Fsp3) is 0.385. The number of carbonyl (C=O) groups excluding carboxylic acids is 3. The first-order chi connectivity index (χ1) is 17.5. The molecule has 2 aliphatic rings. The lowest BCUT2D eigenvalue weighted by atomic mass is 9.91. The Labute approximate surface area is 212 Å². The van der Waals surface area contributed by atoms with Gasteiger partial charge in [0.2, 0.25) is 5.91 Å². The number of pyridine rings is 1. The lowest BCUT2D eigenvalue weighted by Gasteiger charge is -2.32. The minimum absolute atomic E-state index is 0.0348. The Morgan fingerprint density at radius 1 is 1.19 bits per heavy atom. The highest BCUT2D eigenvalue weighted by atomic mass is 19.4. The van der Waals surface area contributed by atoms with Crippen LogP contribution in [0.25, 0.3) is 0 Å². The van der Waals surface area contributed by atoms with E-state index in [2.05, 4.69) is 15.6 Å². The molecule has 0 radical (unpaired) electrons. The van der Waals surface area contributed by atoms with Gasteiger partial charge in [0.25, 0.3) is 5.91 Å². The number of alkyl halides is 3. The van der Waals surface area contributed by atoms with Gasteiger partial charge in [-0.15, -0.1) is 0 Å². The van der Waals surface area contributed by atoms with Gasteiger partial charge < -0.3 is 15.5 Å². The lowest BCUT2D eigenvalue weighted by molar-refractivity contribution is -0.139. The number of benzene rings is 1. The molecule has 0 saturated carbocycles. The van der Waals surface area contributed by atoms with E-state index in [0.717, 1.165) is 11.6 Å². The van der Waals surface area contributed by atoms with Gasteiger partial charge in [0.1, 0.15) is 6.04 Å². The normalized spacial score (nSPS) is 18.7. The van der Waals surface area contributed by atoms with Gasteiger partial charge in [-0.05, 0) is 35.6 Å². The van der Waals surface area contributed by atoms with Crippen LogP contribution in [-0.4, -0.2) is 52.3 Å². The van der Waals surface area contributed by atoms with Crippen molar-refractivity contribution < 1.29 is 27.6 Å². The van der Waals surface area contributed by atoms with Crippen LogP contribution in [-0.2, 0) is 22.3 Å². The Hall–Kier alpha value is -3.89. The molecule has 0 spiro atoms. The number of carbonyl (C=O) groups is 3. The minimum Gasteiger partial charge on any atom is -0.350 e. The number of nitrogens with zero attached hydrogens (tertiary/aromatic N) is 3. The lowest BCUT2D eigenvalue weighted by Crippen LogP contribution is -2.49. The summed E-state index contributed by atoms with van der Waals surface area (Å²) in [4.78, 5) is 46.4. The number of nitrogens with one attached hydrogen (secondary N) is 2. The molecule has 2 atom stereocenters. The average molecular weight is 516 g/mol. The molecule has 2 aromatic rings. The van der Waals surface area contributed by atoms with E-state index in [0.29, 0.717) is 6.42 Å². The predicted molar refractivity (Wildman–Crippen MR) is 129 cm³/mol. The van der Waals surface area contributed by atoms with Crippen molar-refractivity contribution in [2.24, 2.45) is 5.92 Å². The van der Waals surface area contributed by atoms with Crippen LogP contribution < -0.4 is 10.6 Å². The first-order valence-corrected chi connectivity index (χ1v) is 11.9. The molecule has 196 valence electrons. The number of likely N-dealkylation sites (N-methyl/N-ethyl adjacent to an activating group) is 1. The first-order valence-electron chi connectivity index (χ1n) is 11.9. The van der Waals surface area contributed by atoms with Crippen molar-refractivity contribution in [3.05, 3.63) is 76.8 Å². The molecule has 4 amide bonds. The van der Waals surface area contributed by atoms with E-state index in [1.807, 2.05) is 13.8 Å². The molecule has 11 heteroatoms. The number of urea groups is 1. The Morgan fingerprint density at radius 2 is 1.92 bits per heavy atom. The van der Waals surface area contributed by atoms with Crippen molar-refractivity contribution in [3.8, 4) is 0 Å². The van der Waals surface area contributed by atoms with Gasteiger partial charge in [-0.25, -0.2) is 4.79 Å². The Bertz CT molecular complexity index is 1230. The number of amides is 4. The maximum absolute atomic E-state index is 13.8. The molecule has 0 saturated heterocycles. The molecular formula is C26H28F3N5O3. The molecule has 3 heterocycles. The van der Waals surface area contributed by atoms with Gasteiger partial charge >= 0.3 is 12.2 Å². The SMILES string of the molecule is CC(C)C[C@H](C(=O)NCc1cccnc1)N1CC2=C(C1=O)[C@H](c1ccccc1C(F)(F)F)NC(=O)N2C. The van der Waals surface area contributed by atoms with Gasteiger partial charge in [0, 0.05) is 26.0 Å². The summed E-state index contributed by atoms with van der Waals surface area (Å²) < 4.78 is 41.4. The average Bonchev–Trinajstić information content (AvgIpc) is 3.20. The zero-order chi connectivity index (χ0) is 26.9. The fourth-order valence-corrected chi connectivity index (χ4v) is 4.71. The highest BCUT2D eigenvalue weighted by Gasteiger charge is 2.48. The number of hydrogen-bond donors (Lipinski definition) is 2. The number of rotatable bonds is 7. The van der Waals surface area contributed by atoms with E-state index < -0.39 is 35.8 Å². The van der Waals surface area contributed by atoms with Crippen molar-refractivity contribution in [1.29, 1.82) is 0 Å². The Morgan fingerprint density at radius 3 is 2.57 bits per heavy atom. The number of halogens is 3. The van der Waals surface area contributed by atoms with E-state index >= 15 is 0 Å². The van der Waals surface area contributed by atoms with Gasteiger partial charge in [-0.3, -0.25) is 19.5 Å². The monoisotopic (exact) mass is 515 g/mol. The van der Waals surface area contributed by atoms with E-state index in [1.165, 1.54) is 35.0 Å². The quantitative estimate of drug-likeness (QED) is 0.589. The summed E-state index contributed by atoms with van der Waals surface area (Å²) in [5.41, 5.74) is -0.0590. The molecule has 1 aromatic heterocycles. The standard InChI is InChI=1S/C26H28F3N5O3/c1-15(2)11-19(23(35)31-13-16-7-6-10-30-12-16)34-14-20-21(24(34)36)22(32-25(37)33(20)3)17-8-4-5-9-18(17)26(27,28)29/h4-10,12,15,19,22H,11,13-14H2,1-3H3,(H,31,35)(H,32,37)/t19-,22+/m1/s1. The second kappa shape index (κ2) is 10.2. The van der Waals surface area contributed by atoms with Crippen LogP contribution in [0.2, 0.25) is 0 Å². The number of aromatic nitrogens is 1. The third kappa shape index (κ3) is 5.30. The summed E-state index contributed by atoms with van der Waals surface area (Å²) >= 11 is 0. The molecule has 1 aromatic carbocycles. The molecule has 2 N–H and O–H groups in total. The van der Waals surface area contributed by atoms with E-state index in [9.17, 15) is 27.6 Å². The van der Waals surface area contributed by atoms with Crippen LogP contribution in [0.15, 0.2) is 60.1 Å². The zero-order valence-electron chi connectivity index (χ0n) is 20.7. The maximum atomic E-state index is 13.8. The van der Waals surface area contributed by atoms with Crippen molar-refractivity contribution >= 4 is 17.8 Å². The summed E-state index contributed by atoms with van der Waals surface area (Å²) in [5.74, 6) is -0.926. The van der Waals surface area contributed by atoms with Gasteiger partial charge in [0.05, 0.1) is 29.4 Å². The summed E-state index contributed by atoms with van der Waals surface area (Å²) in [7, 11) is 1.45. The molecule has 8 nitrogen and oxygen atoms in total. The predicted octanol–water partition coefficient (Wildman–Crippen LogP) is 3.62. The van der Waals surface area contributed by atoms with Gasteiger partial charge in [-0.2, -0.15) is 13.2 Å². The summed E-state index contributed by atoms with van der Waals surface area (Å²) in [5, 5.41) is 5.39. The summed E-state index contributed by atoms with van der Waals surface area (Å²) in [6.45, 7) is 3.96. The fourth-order valence-electron chi connectivity index (χ4n) is 4.71. The van der Waals surface area contributed by atoms with Crippen molar-refractivity contribution in [2.75, 3.05) is 13.6 Å². The molecular weight excluding hydrogens is 487 g/mol. The molecule has 0 unspecified atom stereocenters. The van der Waals surface area contributed by atoms with E-state index in [4.69, 9.17) is 0 Å². The summed E-state index contributed by atoms with van der Waals surface area (Å²) in [6.07, 6.45) is -1.11. The molecule has 0 aliphatic carbocycles. The van der Waals surface area contributed by atoms with Crippen LogP contribution in [0, 0.1) is 5.92 Å². The highest BCUT2D eigenvalue weighted by molar-refractivity contribution is 6.03. The molecule has 2 aliphatic heterocycles. The second-order valence-electron chi connectivity index (χ2n) is 9.54. The second-order valence-corrected chi connectivity index (χ2v) is 9.54. The highest BCUT2D eigenvalue weighted by Crippen LogP contribution is 2.41. The Kier molecular flexibility index (Phi) is 7.24. The van der Waals surface area contributed by atoms with Crippen molar-refractivity contribution in [3.63, 3.8) is 0 Å². The third-order valence-corrected chi connectivity index (χ3v) is 6.53.